The number of aromatic hydroxyl groups is 1. The molecule has 0 atom stereocenters. The van der Waals surface area contributed by atoms with Crippen molar-refractivity contribution in [2.45, 2.75) is 0 Å². The first-order valence-corrected chi connectivity index (χ1v) is 7.23. The predicted molar refractivity (Wildman–Crippen MR) is 91.8 cm³/mol. The van der Waals surface area contributed by atoms with Crippen molar-refractivity contribution in [3.63, 3.8) is 0 Å². The van der Waals surface area contributed by atoms with Crippen molar-refractivity contribution in [3.05, 3.63) is 77.4 Å². The number of rotatable bonds is 3. The third-order valence-corrected chi connectivity index (χ3v) is 3.50. The summed E-state index contributed by atoms with van der Waals surface area (Å²) in [5.41, 5.74) is 3.73. The van der Waals surface area contributed by atoms with Gasteiger partial charge in [-0.05, 0) is 40.6 Å². The van der Waals surface area contributed by atoms with E-state index in [-0.39, 0.29) is 11.3 Å². The van der Waals surface area contributed by atoms with E-state index in [0.717, 1.165) is 10.8 Å². The number of hydrazone groups is 1. The number of fused-ring (bicyclic) bond motifs is 1. The fourth-order valence-electron chi connectivity index (χ4n) is 2.32. The average molecular weight is 315 g/mol. The van der Waals surface area contributed by atoms with E-state index in [1.54, 1.807) is 36.4 Å². The van der Waals surface area contributed by atoms with Gasteiger partial charge in [-0.3, -0.25) is 4.79 Å². The number of phenolic OH excluding ortho intramolecular Hbond substituents is 1. The minimum absolute atomic E-state index is 0.104. The topological polar surface area (TPSA) is 85.5 Å². The molecule has 0 aromatic heterocycles. The lowest BCUT2D eigenvalue weighted by Gasteiger charge is -2.05. The smallest absolute Gasteiger partial charge is 0.275 e. The lowest BCUT2D eigenvalue weighted by molar-refractivity contribution is 0.0952. The monoisotopic (exact) mass is 315 g/mol. The maximum absolute atomic E-state index is 12.2. The Kier molecular flexibility index (Phi) is 4.21. The summed E-state index contributed by atoms with van der Waals surface area (Å²) in [6.07, 6.45) is 1.44. The summed E-state index contributed by atoms with van der Waals surface area (Å²) in [6.45, 7) is 0. The Morgan fingerprint density at radius 1 is 1.08 bits per heavy atom. The summed E-state index contributed by atoms with van der Waals surface area (Å²) in [5, 5.41) is 24.4. The van der Waals surface area contributed by atoms with Gasteiger partial charge in [0.15, 0.2) is 0 Å². The zero-order valence-electron chi connectivity index (χ0n) is 12.6. The van der Waals surface area contributed by atoms with Gasteiger partial charge in [-0.1, -0.05) is 36.4 Å². The van der Waals surface area contributed by atoms with Crippen LogP contribution in [0, 0.1) is 11.3 Å². The second-order valence-corrected chi connectivity index (χ2v) is 5.15. The van der Waals surface area contributed by atoms with Crippen LogP contribution in [0.4, 0.5) is 0 Å². The van der Waals surface area contributed by atoms with Crippen molar-refractivity contribution in [2.75, 3.05) is 0 Å². The van der Waals surface area contributed by atoms with E-state index in [4.69, 9.17) is 5.26 Å². The summed E-state index contributed by atoms with van der Waals surface area (Å²) in [4.78, 5) is 12.2. The quantitative estimate of drug-likeness (QED) is 0.575. The van der Waals surface area contributed by atoms with E-state index in [2.05, 4.69) is 10.5 Å². The number of nitrogens with one attached hydrogen (secondary N) is 1. The number of carbonyl (C=O) groups is 1. The highest BCUT2D eigenvalue weighted by molar-refractivity contribution is 6.01. The number of benzene rings is 3. The van der Waals surface area contributed by atoms with Crippen molar-refractivity contribution in [3.8, 4) is 11.8 Å². The molecule has 0 aliphatic carbocycles. The number of carbonyl (C=O) groups excluding carboxylic acids is 1. The highest BCUT2D eigenvalue weighted by Crippen LogP contribution is 2.24. The summed E-state index contributed by atoms with van der Waals surface area (Å²) in [6, 6.07) is 19.5. The molecule has 0 fully saturated rings. The Bertz CT molecular complexity index is 987. The molecule has 24 heavy (non-hydrogen) atoms. The molecule has 0 aliphatic rings. The molecule has 3 aromatic carbocycles. The normalized spacial score (nSPS) is 10.6. The lowest BCUT2D eigenvalue weighted by atomic mass is 10.1. The third kappa shape index (κ3) is 3.23. The zero-order valence-corrected chi connectivity index (χ0v) is 12.6. The molecule has 0 heterocycles. The number of nitriles is 1. The van der Waals surface area contributed by atoms with Crippen LogP contribution < -0.4 is 5.43 Å². The second kappa shape index (κ2) is 6.63. The number of amides is 1. The van der Waals surface area contributed by atoms with E-state index in [9.17, 15) is 9.90 Å². The van der Waals surface area contributed by atoms with Gasteiger partial charge in [0.25, 0.3) is 5.91 Å². The Hall–Kier alpha value is -3.65. The van der Waals surface area contributed by atoms with Crippen molar-refractivity contribution in [2.24, 2.45) is 5.10 Å². The molecule has 0 saturated heterocycles. The SMILES string of the molecule is N#Cc1cccc(/C=N/NC(=O)c2cc3ccccc3cc2O)c1. The lowest BCUT2D eigenvalue weighted by Crippen LogP contribution is -2.17. The number of hydrogen-bond donors (Lipinski definition) is 2. The molecular formula is C19H13N3O2. The fourth-order valence-corrected chi connectivity index (χ4v) is 2.32. The first kappa shape index (κ1) is 15.3. The van der Waals surface area contributed by atoms with Crippen LogP contribution >= 0.6 is 0 Å². The van der Waals surface area contributed by atoms with Crippen LogP contribution in [-0.4, -0.2) is 17.2 Å². The number of hydrogen-bond acceptors (Lipinski definition) is 4. The molecule has 5 nitrogen and oxygen atoms in total. The van der Waals surface area contributed by atoms with Gasteiger partial charge in [-0.25, -0.2) is 5.43 Å². The molecule has 0 spiro atoms. The van der Waals surface area contributed by atoms with Gasteiger partial charge in [0.1, 0.15) is 5.75 Å². The average Bonchev–Trinajstić information content (AvgIpc) is 2.61. The van der Waals surface area contributed by atoms with Gasteiger partial charge >= 0.3 is 0 Å². The van der Waals surface area contributed by atoms with E-state index in [1.165, 1.54) is 6.21 Å². The van der Waals surface area contributed by atoms with Crippen LogP contribution in [0.25, 0.3) is 10.8 Å². The van der Waals surface area contributed by atoms with Crippen LogP contribution in [-0.2, 0) is 0 Å². The van der Waals surface area contributed by atoms with Crippen LogP contribution in [0.1, 0.15) is 21.5 Å². The molecule has 1 amide bonds. The van der Waals surface area contributed by atoms with E-state index in [0.29, 0.717) is 11.1 Å². The van der Waals surface area contributed by atoms with Crippen LogP contribution in [0.3, 0.4) is 0 Å². The summed E-state index contributed by atoms with van der Waals surface area (Å²) in [7, 11) is 0. The molecule has 0 unspecified atom stereocenters. The Morgan fingerprint density at radius 3 is 2.58 bits per heavy atom. The standard InChI is InChI=1S/C19H13N3O2/c20-11-13-4-3-5-14(8-13)12-21-22-19(24)17-9-15-6-1-2-7-16(15)10-18(17)23/h1-10,12,23H,(H,22,24)/b21-12+. The van der Waals surface area contributed by atoms with Crippen molar-refractivity contribution < 1.29 is 9.90 Å². The van der Waals surface area contributed by atoms with E-state index < -0.39 is 5.91 Å². The van der Waals surface area contributed by atoms with Crippen LogP contribution in [0.5, 0.6) is 5.75 Å². The van der Waals surface area contributed by atoms with Crippen molar-refractivity contribution in [1.82, 2.24) is 5.43 Å². The Balaban J connectivity index is 1.78. The van der Waals surface area contributed by atoms with Crippen molar-refractivity contribution in [1.29, 1.82) is 5.26 Å². The van der Waals surface area contributed by atoms with Gasteiger partial charge in [0, 0.05) is 0 Å². The van der Waals surface area contributed by atoms with Gasteiger partial charge in [0.05, 0.1) is 23.4 Å². The van der Waals surface area contributed by atoms with Crippen LogP contribution in [0.2, 0.25) is 0 Å². The number of nitrogens with zero attached hydrogens (tertiary/aromatic N) is 2. The molecule has 116 valence electrons. The minimum atomic E-state index is -0.508. The third-order valence-electron chi connectivity index (χ3n) is 3.50. The summed E-state index contributed by atoms with van der Waals surface area (Å²) >= 11 is 0. The van der Waals surface area contributed by atoms with E-state index >= 15 is 0 Å². The van der Waals surface area contributed by atoms with Gasteiger partial charge in [-0.15, -0.1) is 0 Å². The maximum atomic E-state index is 12.2. The largest absolute Gasteiger partial charge is 0.507 e. The van der Waals surface area contributed by atoms with Gasteiger partial charge in [-0.2, -0.15) is 10.4 Å². The minimum Gasteiger partial charge on any atom is -0.507 e. The second-order valence-electron chi connectivity index (χ2n) is 5.15. The molecule has 3 rings (SSSR count). The van der Waals surface area contributed by atoms with Crippen LogP contribution in [0.15, 0.2) is 65.8 Å². The van der Waals surface area contributed by atoms with Gasteiger partial charge < -0.3 is 5.11 Å². The molecule has 0 radical (unpaired) electrons. The predicted octanol–water partition coefficient (Wildman–Crippen LogP) is 3.18. The number of phenols is 1. The summed E-state index contributed by atoms with van der Waals surface area (Å²) < 4.78 is 0. The summed E-state index contributed by atoms with van der Waals surface area (Å²) in [5.74, 6) is -0.612. The Labute approximate surface area is 138 Å². The zero-order chi connectivity index (χ0) is 16.9. The molecule has 2 N–H and O–H groups in total. The highest BCUT2D eigenvalue weighted by atomic mass is 16.3. The van der Waals surface area contributed by atoms with E-state index in [1.807, 2.05) is 30.3 Å². The molecular weight excluding hydrogens is 302 g/mol. The van der Waals surface area contributed by atoms with Gasteiger partial charge in [0.2, 0.25) is 0 Å². The first-order valence-electron chi connectivity index (χ1n) is 7.23. The molecule has 0 saturated carbocycles. The molecule has 0 aliphatic heterocycles. The molecule has 0 bridgehead atoms. The maximum Gasteiger partial charge on any atom is 0.275 e. The highest BCUT2D eigenvalue weighted by Gasteiger charge is 2.11. The van der Waals surface area contributed by atoms with Crippen molar-refractivity contribution >= 4 is 22.9 Å². The fraction of sp³-hybridized carbons (Fsp3) is 0. The molecule has 5 heteroatoms. The molecule has 3 aromatic rings. The first-order chi connectivity index (χ1) is 11.7. The Morgan fingerprint density at radius 2 is 1.83 bits per heavy atom.